The molecular weight excluding hydrogens is 260 g/mol. The molecule has 0 aliphatic carbocycles. The Morgan fingerprint density at radius 1 is 1.50 bits per heavy atom. The zero-order chi connectivity index (χ0) is 14.7. The van der Waals surface area contributed by atoms with Gasteiger partial charge in [0, 0.05) is 25.8 Å². The first-order valence-corrected chi connectivity index (χ1v) is 6.53. The van der Waals surface area contributed by atoms with Crippen LogP contribution in [0.4, 0.5) is 11.4 Å². The van der Waals surface area contributed by atoms with E-state index in [4.69, 9.17) is 9.84 Å². The number of rotatable bonds is 5. The number of hydrogen-bond acceptors (Lipinski definition) is 4. The molecule has 0 spiro atoms. The fourth-order valence-corrected chi connectivity index (χ4v) is 2.16. The van der Waals surface area contributed by atoms with Crippen LogP contribution in [0.1, 0.15) is 13.3 Å². The number of carbonyl (C=O) groups excluding carboxylic acids is 1. The molecule has 1 N–H and O–H groups in total. The summed E-state index contributed by atoms with van der Waals surface area (Å²) >= 11 is 0. The van der Waals surface area contributed by atoms with Gasteiger partial charge in [0.2, 0.25) is 0 Å². The average molecular weight is 278 g/mol. The third-order valence-electron chi connectivity index (χ3n) is 3.37. The van der Waals surface area contributed by atoms with Crippen LogP contribution in [-0.4, -0.2) is 43.7 Å². The van der Waals surface area contributed by atoms with Gasteiger partial charge in [-0.25, -0.2) is 0 Å². The molecule has 0 saturated carbocycles. The lowest BCUT2D eigenvalue weighted by Gasteiger charge is -2.29. The predicted molar refractivity (Wildman–Crippen MR) is 75.5 cm³/mol. The van der Waals surface area contributed by atoms with Crippen molar-refractivity contribution in [1.82, 2.24) is 0 Å². The monoisotopic (exact) mass is 278 g/mol. The van der Waals surface area contributed by atoms with Gasteiger partial charge in [-0.05, 0) is 25.1 Å². The Kier molecular flexibility index (Phi) is 4.12. The maximum atomic E-state index is 11.6. The molecule has 1 aromatic carbocycles. The molecule has 6 heteroatoms. The Bertz CT molecular complexity index is 530. The summed E-state index contributed by atoms with van der Waals surface area (Å²) in [6, 6.07) is 5.56. The zero-order valence-electron chi connectivity index (χ0n) is 11.6. The standard InChI is InChI=1S/C14H18N2O4/c1-3-16(7-6-14(18)19)10-4-5-12-11(8-10)15(2)13(17)9-20-12/h4-5,8H,3,6-7,9H2,1-2H3,(H,18,19). The number of nitrogens with zero attached hydrogens (tertiary/aromatic N) is 2. The summed E-state index contributed by atoms with van der Waals surface area (Å²) in [5, 5.41) is 8.77. The number of fused-ring (bicyclic) bond motifs is 1. The second-order valence-corrected chi connectivity index (χ2v) is 4.62. The molecule has 0 aromatic heterocycles. The number of anilines is 2. The quantitative estimate of drug-likeness (QED) is 0.880. The minimum absolute atomic E-state index is 0.0549. The van der Waals surface area contributed by atoms with Crippen LogP contribution in [0.25, 0.3) is 0 Å². The van der Waals surface area contributed by atoms with E-state index in [2.05, 4.69) is 0 Å². The molecule has 0 saturated heterocycles. The number of aliphatic carboxylic acids is 1. The number of ether oxygens (including phenoxy) is 1. The number of hydrogen-bond donors (Lipinski definition) is 1. The van der Waals surface area contributed by atoms with Crippen LogP contribution >= 0.6 is 0 Å². The minimum Gasteiger partial charge on any atom is -0.482 e. The summed E-state index contributed by atoms with van der Waals surface area (Å²) in [6.07, 6.45) is 0.0796. The maximum absolute atomic E-state index is 11.6. The molecule has 1 heterocycles. The largest absolute Gasteiger partial charge is 0.482 e. The summed E-state index contributed by atoms with van der Waals surface area (Å²) in [5.74, 6) is -0.245. The average Bonchev–Trinajstić information content (AvgIpc) is 2.43. The second-order valence-electron chi connectivity index (χ2n) is 4.62. The van der Waals surface area contributed by atoms with E-state index in [1.807, 2.05) is 30.0 Å². The van der Waals surface area contributed by atoms with Crippen molar-refractivity contribution in [2.75, 3.05) is 36.5 Å². The topological polar surface area (TPSA) is 70.1 Å². The van der Waals surface area contributed by atoms with E-state index in [0.29, 0.717) is 24.5 Å². The third-order valence-corrected chi connectivity index (χ3v) is 3.37. The summed E-state index contributed by atoms with van der Waals surface area (Å²) in [5.41, 5.74) is 1.60. The molecule has 108 valence electrons. The summed E-state index contributed by atoms with van der Waals surface area (Å²) in [4.78, 5) is 25.8. The number of benzene rings is 1. The van der Waals surface area contributed by atoms with Crippen LogP contribution in [0.5, 0.6) is 5.75 Å². The van der Waals surface area contributed by atoms with Crippen LogP contribution in [0.15, 0.2) is 18.2 Å². The van der Waals surface area contributed by atoms with Gasteiger partial charge in [0.15, 0.2) is 6.61 Å². The van der Waals surface area contributed by atoms with E-state index < -0.39 is 5.97 Å². The van der Waals surface area contributed by atoms with E-state index >= 15 is 0 Å². The molecule has 6 nitrogen and oxygen atoms in total. The first-order valence-electron chi connectivity index (χ1n) is 6.53. The highest BCUT2D eigenvalue weighted by atomic mass is 16.5. The van der Waals surface area contributed by atoms with Gasteiger partial charge >= 0.3 is 5.97 Å². The first-order chi connectivity index (χ1) is 9.52. The highest BCUT2D eigenvalue weighted by molar-refractivity contribution is 5.97. The predicted octanol–water partition coefficient (Wildman–Crippen LogP) is 1.34. The third kappa shape index (κ3) is 2.84. The molecule has 1 amide bonds. The molecule has 0 radical (unpaired) electrons. The van der Waals surface area contributed by atoms with Crippen molar-refractivity contribution in [2.24, 2.45) is 0 Å². The van der Waals surface area contributed by atoms with Crippen LogP contribution in [0, 0.1) is 0 Å². The Hall–Kier alpha value is -2.24. The minimum atomic E-state index is -0.822. The molecule has 1 aliphatic heterocycles. The molecule has 1 aliphatic rings. The lowest BCUT2D eigenvalue weighted by atomic mass is 10.2. The van der Waals surface area contributed by atoms with Crippen molar-refractivity contribution < 1.29 is 19.4 Å². The summed E-state index contributed by atoms with van der Waals surface area (Å²) < 4.78 is 5.37. The van der Waals surface area contributed by atoms with Gasteiger partial charge in [-0.15, -0.1) is 0 Å². The van der Waals surface area contributed by atoms with Gasteiger partial charge in [0.1, 0.15) is 5.75 Å². The van der Waals surface area contributed by atoms with Gasteiger partial charge in [-0.2, -0.15) is 0 Å². The van der Waals surface area contributed by atoms with E-state index in [-0.39, 0.29) is 18.9 Å². The van der Waals surface area contributed by atoms with Gasteiger partial charge in [-0.3, -0.25) is 9.59 Å². The molecule has 0 unspecified atom stereocenters. The van der Waals surface area contributed by atoms with E-state index in [0.717, 1.165) is 5.69 Å². The number of carboxylic acids is 1. The smallest absolute Gasteiger partial charge is 0.305 e. The van der Waals surface area contributed by atoms with Gasteiger partial charge < -0.3 is 19.6 Å². The second kappa shape index (κ2) is 5.81. The van der Waals surface area contributed by atoms with Crippen LogP contribution in [0.3, 0.4) is 0 Å². The molecule has 0 fully saturated rings. The molecule has 20 heavy (non-hydrogen) atoms. The van der Waals surface area contributed by atoms with Crippen molar-refractivity contribution >= 4 is 23.3 Å². The summed E-state index contributed by atoms with van der Waals surface area (Å²) in [6.45, 7) is 3.15. The first kappa shape index (κ1) is 14.2. The number of carbonyl (C=O) groups is 2. The Labute approximate surface area is 117 Å². The van der Waals surface area contributed by atoms with Gasteiger partial charge in [0.25, 0.3) is 5.91 Å². The Morgan fingerprint density at radius 3 is 2.90 bits per heavy atom. The molecular formula is C14H18N2O4. The molecule has 0 bridgehead atoms. The van der Waals surface area contributed by atoms with Gasteiger partial charge in [0.05, 0.1) is 12.1 Å². The van der Waals surface area contributed by atoms with E-state index in [9.17, 15) is 9.59 Å². The number of amides is 1. The van der Waals surface area contributed by atoms with Crippen molar-refractivity contribution in [3.05, 3.63) is 18.2 Å². The molecule has 2 rings (SSSR count). The fraction of sp³-hybridized carbons (Fsp3) is 0.429. The van der Waals surface area contributed by atoms with Crippen LogP contribution in [-0.2, 0) is 9.59 Å². The fourth-order valence-electron chi connectivity index (χ4n) is 2.16. The van der Waals surface area contributed by atoms with E-state index in [1.165, 1.54) is 0 Å². The van der Waals surface area contributed by atoms with Gasteiger partial charge in [-0.1, -0.05) is 0 Å². The highest BCUT2D eigenvalue weighted by Crippen LogP contribution is 2.34. The Morgan fingerprint density at radius 2 is 2.25 bits per heavy atom. The molecule has 1 aromatic rings. The van der Waals surface area contributed by atoms with Crippen molar-refractivity contribution in [3.63, 3.8) is 0 Å². The van der Waals surface area contributed by atoms with Crippen LogP contribution < -0.4 is 14.5 Å². The van der Waals surface area contributed by atoms with Crippen LogP contribution in [0.2, 0.25) is 0 Å². The lowest BCUT2D eigenvalue weighted by Crippen LogP contribution is -2.35. The Balaban J connectivity index is 2.24. The summed E-state index contributed by atoms with van der Waals surface area (Å²) in [7, 11) is 1.71. The molecule has 0 atom stereocenters. The van der Waals surface area contributed by atoms with Crippen molar-refractivity contribution in [3.8, 4) is 5.75 Å². The number of carboxylic acid groups (broad SMARTS) is 1. The highest BCUT2D eigenvalue weighted by Gasteiger charge is 2.23. The normalized spacial score (nSPS) is 13.7. The maximum Gasteiger partial charge on any atom is 0.305 e. The SMILES string of the molecule is CCN(CCC(=O)O)c1ccc2c(c1)N(C)C(=O)CO2. The number of likely N-dealkylation sites (N-methyl/N-ethyl adjacent to an activating group) is 1. The zero-order valence-corrected chi connectivity index (χ0v) is 11.6. The van der Waals surface area contributed by atoms with Crippen molar-refractivity contribution in [1.29, 1.82) is 0 Å². The van der Waals surface area contributed by atoms with E-state index in [1.54, 1.807) is 11.9 Å². The lowest BCUT2D eigenvalue weighted by molar-refractivity contribution is -0.136. The van der Waals surface area contributed by atoms with Crippen molar-refractivity contribution in [2.45, 2.75) is 13.3 Å².